The van der Waals surface area contributed by atoms with Crippen molar-refractivity contribution in [2.75, 3.05) is 0 Å². The van der Waals surface area contributed by atoms with Crippen LogP contribution in [0.2, 0.25) is 0 Å². The Kier molecular flexibility index (Phi) is 4.31. The van der Waals surface area contributed by atoms with E-state index >= 15 is 0 Å². The van der Waals surface area contributed by atoms with Crippen molar-refractivity contribution in [3.63, 3.8) is 0 Å². The van der Waals surface area contributed by atoms with E-state index in [1.165, 1.54) is 0 Å². The van der Waals surface area contributed by atoms with Crippen LogP contribution in [0.3, 0.4) is 0 Å². The molecule has 0 amide bonds. The molecule has 26 heavy (non-hydrogen) atoms. The van der Waals surface area contributed by atoms with Crippen molar-refractivity contribution in [3.05, 3.63) is 76.6 Å². The van der Waals surface area contributed by atoms with E-state index in [0.29, 0.717) is 6.54 Å². The van der Waals surface area contributed by atoms with Crippen LogP contribution in [-0.4, -0.2) is 17.0 Å². The summed E-state index contributed by atoms with van der Waals surface area (Å²) in [7, 11) is 0. The van der Waals surface area contributed by atoms with Crippen LogP contribution < -0.4 is 0 Å². The fraction of sp³-hybridized carbons (Fsp3) is 0.300. The Balaban J connectivity index is 1.69. The number of fused-ring (bicyclic) bond motifs is 2. The molecule has 1 nitrogen and oxygen atoms in total. The minimum atomic E-state index is -2.12. The molecule has 2 aliphatic rings. The van der Waals surface area contributed by atoms with Gasteiger partial charge < -0.3 is 0 Å². The van der Waals surface area contributed by atoms with Crippen molar-refractivity contribution < 1.29 is 22.0 Å². The Bertz CT molecular complexity index is 849. The van der Waals surface area contributed by atoms with Gasteiger partial charge in [0, 0.05) is 18.6 Å². The third kappa shape index (κ3) is 2.72. The molecule has 2 aliphatic heterocycles. The Morgan fingerprint density at radius 3 is 2.04 bits per heavy atom. The first-order valence-electron chi connectivity index (χ1n) is 8.49. The van der Waals surface area contributed by atoms with Crippen LogP contribution in [-0.2, 0) is 6.54 Å². The molecule has 2 aromatic rings. The standard InChI is InChI=1S/C20H16F5N/c21-16-15(17(22)19(24)20(25)18(16)23)12-8-13-6-7-14(9-12)26(13)10-11-4-2-1-3-5-11/h1-5,8,13-14H,6-7,9-10H2. The van der Waals surface area contributed by atoms with Gasteiger partial charge in [-0.2, -0.15) is 0 Å². The molecule has 1 saturated heterocycles. The topological polar surface area (TPSA) is 3.24 Å². The average Bonchev–Trinajstić information content (AvgIpc) is 2.88. The van der Waals surface area contributed by atoms with Gasteiger partial charge in [0.05, 0.1) is 5.56 Å². The molecule has 1 fully saturated rings. The van der Waals surface area contributed by atoms with Crippen LogP contribution in [0.1, 0.15) is 30.4 Å². The normalized spacial score (nSPS) is 22.6. The summed E-state index contributed by atoms with van der Waals surface area (Å²) < 4.78 is 68.6. The third-order valence-corrected chi connectivity index (χ3v) is 5.28. The molecule has 0 saturated carbocycles. The summed E-state index contributed by atoms with van der Waals surface area (Å²) >= 11 is 0. The number of hydrogen-bond acceptors (Lipinski definition) is 1. The Morgan fingerprint density at radius 2 is 1.42 bits per heavy atom. The number of nitrogens with zero attached hydrogens (tertiary/aromatic N) is 1. The van der Waals surface area contributed by atoms with Gasteiger partial charge in [0.1, 0.15) is 0 Å². The van der Waals surface area contributed by atoms with Gasteiger partial charge in [0.25, 0.3) is 0 Å². The van der Waals surface area contributed by atoms with Crippen molar-refractivity contribution in [3.8, 4) is 0 Å². The minimum absolute atomic E-state index is 0.0233. The highest BCUT2D eigenvalue weighted by molar-refractivity contribution is 5.69. The van der Waals surface area contributed by atoms with Gasteiger partial charge in [0.2, 0.25) is 5.82 Å². The molecule has 2 unspecified atom stereocenters. The van der Waals surface area contributed by atoms with Crippen LogP contribution in [0.5, 0.6) is 0 Å². The second-order valence-corrected chi connectivity index (χ2v) is 6.80. The maximum Gasteiger partial charge on any atom is 0.200 e. The lowest BCUT2D eigenvalue weighted by Crippen LogP contribution is -2.38. The average molecular weight is 365 g/mol. The second kappa shape index (κ2) is 6.50. The van der Waals surface area contributed by atoms with Crippen molar-refractivity contribution >= 4 is 5.57 Å². The van der Waals surface area contributed by atoms with Crippen LogP contribution in [0.4, 0.5) is 22.0 Å². The lowest BCUT2D eigenvalue weighted by atomic mass is 9.93. The summed E-state index contributed by atoms with van der Waals surface area (Å²) in [5.41, 5.74) is 0.546. The lowest BCUT2D eigenvalue weighted by molar-refractivity contribution is 0.203. The van der Waals surface area contributed by atoms with E-state index in [4.69, 9.17) is 0 Å². The Hall–Kier alpha value is -2.21. The molecule has 2 atom stereocenters. The largest absolute Gasteiger partial charge is 0.289 e. The van der Waals surface area contributed by atoms with Crippen molar-refractivity contribution in [2.24, 2.45) is 0 Å². The van der Waals surface area contributed by atoms with Gasteiger partial charge >= 0.3 is 0 Å². The molecule has 2 aromatic carbocycles. The van der Waals surface area contributed by atoms with Crippen molar-refractivity contribution in [2.45, 2.75) is 37.9 Å². The van der Waals surface area contributed by atoms with Gasteiger partial charge in [-0.25, -0.2) is 22.0 Å². The molecule has 0 spiro atoms. The smallest absolute Gasteiger partial charge is 0.200 e. The number of rotatable bonds is 3. The maximum absolute atomic E-state index is 14.1. The minimum Gasteiger partial charge on any atom is -0.289 e. The monoisotopic (exact) mass is 365 g/mol. The van der Waals surface area contributed by atoms with Gasteiger partial charge in [-0.05, 0) is 30.4 Å². The highest BCUT2D eigenvalue weighted by atomic mass is 19.2. The Morgan fingerprint density at radius 1 is 0.808 bits per heavy atom. The number of benzene rings is 2. The first-order valence-corrected chi connectivity index (χ1v) is 8.49. The van der Waals surface area contributed by atoms with E-state index in [0.717, 1.165) is 18.4 Å². The summed E-state index contributed by atoms with van der Waals surface area (Å²) in [6.07, 6.45) is 3.55. The number of halogens is 5. The van der Waals surface area contributed by atoms with Gasteiger partial charge in [-0.15, -0.1) is 0 Å². The lowest BCUT2D eigenvalue weighted by Gasteiger charge is -2.34. The zero-order valence-electron chi connectivity index (χ0n) is 13.8. The van der Waals surface area contributed by atoms with E-state index in [9.17, 15) is 22.0 Å². The van der Waals surface area contributed by atoms with Crippen molar-refractivity contribution in [1.82, 2.24) is 4.90 Å². The molecular weight excluding hydrogens is 349 g/mol. The van der Waals surface area contributed by atoms with Crippen LogP contribution in [0.15, 0.2) is 36.4 Å². The van der Waals surface area contributed by atoms with Crippen LogP contribution in [0, 0.1) is 29.1 Å². The summed E-state index contributed by atoms with van der Waals surface area (Å²) in [6, 6.07) is 9.77. The van der Waals surface area contributed by atoms with Crippen molar-refractivity contribution in [1.29, 1.82) is 0 Å². The van der Waals surface area contributed by atoms with E-state index in [-0.39, 0.29) is 24.1 Å². The van der Waals surface area contributed by atoms with E-state index in [1.54, 1.807) is 6.08 Å². The van der Waals surface area contributed by atoms with Crippen LogP contribution >= 0.6 is 0 Å². The molecule has 0 N–H and O–H groups in total. The molecule has 2 bridgehead atoms. The predicted molar refractivity (Wildman–Crippen MR) is 87.6 cm³/mol. The molecule has 2 heterocycles. The second-order valence-electron chi connectivity index (χ2n) is 6.80. The van der Waals surface area contributed by atoms with E-state index in [1.807, 2.05) is 30.3 Å². The van der Waals surface area contributed by atoms with Gasteiger partial charge in [0.15, 0.2) is 23.3 Å². The first-order chi connectivity index (χ1) is 12.5. The summed E-state index contributed by atoms with van der Waals surface area (Å²) in [6.45, 7) is 0.692. The quantitative estimate of drug-likeness (QED) is 0.410. The molecule has 0 aromatic heterocycles. The van der Waals surface area contributed by atoms with E-state index < -0.39 is 34.6 Å². The summed E-state index contributed by atoms with van der Waals surface area (Å²) in [5, 5.41) is 0. The molecular formula is C20H16F5N. The van der Waals surface area contributed by atoms with Crippen LogP contribution in [0.25, 0.3) is 5.57 Å². The summed E-state index contributed by atoms with van der Waals surface area (Å²) in [5.74, 6) is -9.39. The fourth-order valence-corrected chi connectivity index (χ4v) is 4.03. The molecule has 4 rings (SSSR count). The highest BCUT2D eigenvalue weighted by Crippen LogP contribution is 2.41. The zero-order chi connectivity index (χ0) is 18.4. The summed E-state index contributed by atoms with van der Waals surface area (Å²) in [4.78, 5) is 2.23. The maximum atomic E-state index is 14.1. The van der Waals surface area contributed by atoms with Gasteiger partial charge in [-0.1, -0.05) is 36.4 Å². The first kappa shape index (κ1) is 17.2. The SMILES string of the molecule is Fc1c(F)c(F)c(C2=CC3CCC(C2)N3Cc2ccccc2)c(F)c1F. The van der Waals surface area contributed by atoms with Gasteiger partial charge in [-0.3, -0.25) is 4.90 Å². The number of hydrogen-bond donors (Lipinski definition) is 0. The zero-order valence-corrected chi connectivity index (χ0v) is 13.8. The molecule has 136 valence electrons. The Labute approximate surface area is 147 Å². The molecule has 6 heteroatoms. The fourth-order valence-electron chi connectivity index (χ4n) is 4.03. The predicted octanol–water partition coefficient (Wildman–Crippen LogP) is 5.20. The molecule has 0 radical (unpaired) electrons. The third-order valence-electron chi connectivity index (χ3n) is 5.28. The highest BCUT2D eigenvalue weighted by Gasteiger charge is 2.39. The molecule has 0 aliphatic carbocycles. The van der Waals surface area contributed by atoms with E-state index in [2.05, 4.69) is 4.90 Å².